The van der Waals surface area contributed by atoms with Crippen LogP contribution in [0.5, 0.6) is 0 Å². The van der Waals surface area contributed by atoms with Gasteiger partial charge in [0.2, 0.25) is 0 Å². The van der Waals surface area contributed by atoms with Gasteiger partial charge < -0.3 is 9.64 Å². The van der Waals surface area contributed by atoms with E-state index < -0.39 is 0 Å². The van der Waals surface area contributed by atoms with Crippen molar-refractivity contribution in [2.75, 3.05) is 18.0 Å². The van der Waals surface area contributed by atoms with Gasteiger partial charge >= 0.3 is 5.97 Å². The first-order chi connectivity index (χ1) is 14.5. The van der Waals surface area contributed by atoms with E-state index in [2.05, 4.69) is 20.2 Å². The first-order valence-corrected chi connectivity index (χ1v) is 10.4. The fourth-order valence-electron chi connectivity index (χ4n) is 3.79. The van der Waals surface area contributed by atoms with Crippen LogP contribution in [0, 0.1) is 13.8 Å². The zero-order chi connectivity index (χ0) is 21.1. The first kappa shape index (κ1) is 20.3. The van der Waals surface area contributed by atoms with Gasteiger partial charge in [0.25, 0.3) is 0 Å². The summed E-state index contributed by atoms with van der Waals surface area (Å²) in [6.45, 7) is 5.90. The van der Waals surface area contributed by atoms with Crippen molar-refractivity contribution in [2.45, 2.75) is 39.3 Å². The van der Waals surface area contributed by atoms with Gasteiger partial charge in [-0.05, 0) is 31.5 Å². The summed E-state index contributed by atoms with van der Waals surface area (Å²) in [5, 5.41) is 12.9. The molecular weight excluding hydrogens is 402 g/mol. The Morgan fingerprint density at radius 1 is 1.10 bits per heavy atom. The minimum atomic E-state index is -0.297. The number of hydrogen-bond donors (Lipinski definition) is 0. The van der Waals surface area contributed by atoms with Gasteiger partial charge in [0.15, 0.2) is 11.0 Å². The molecule has 1 aliphatic rings. The van der Waals surface area contributed by atoms with E-state index in [-0.39, 0.29) is 12.1 Å². The number of anilines is 1. The van der Waals surface area contributed by atoms with Gasteiger partial charge in [0.1, 0.15) is 11.7 Å². The molecule has 1 saturated heterocycles. The van der Waals surface area contributed by atoms with Crippen molar-refractivity contribution >= 4 is 23.4 Å². The molecule has 3 aromatic rings. The van der Waals surface area contributed by atoms with E-state index in [0.29, 0.717) is 23.0 Å². The molecule has 156 valence electrons. The van der Waals surface area contributed by atoms with Gasteiger partial charge in [-0.2, -0.15) is 5.10 Å². The van der Waals surface area contributed by atoms with E-state index in [1.807, 2.05) is 54.9 Å². The van der Waals surface area contributed by atoms with Crippen molar-refractivity contribution in [1.82, 2.24) is 20.0 Å². The third-order valence-electron chi connectivity index (χ3n) is 5.42. The molecule has 8 heteroatoms. The van der Waals surface area contributed by atoms with Crippen molar-refractivity contribution in [3.8, 4) is 0 Å². The van der Waals surface area contributed by atoms with Gasteiger partial charge in [-0.15, -0.1) is 10.2 Å². The number of carbonyl (C=O) groups excluding carboxylic acids is 1. The Hall–Kier alpha value is -2.93. The number of carbonyl (C=O) groups is 1. The predicted molar refractivity (Wildman–Crippen MR) is 115 cm³/mol. The van der Waals surface area contributed by atoms with Crippen LogP contribution in [0.3, 0.4) is 0 Å². The van der Waals surface area contributed by atoms with Crippen LogP contribution < -0.4 is 4.90 Å². The summed E-state index contributed by atoms with van der Waals surface area (Å²) in [5.74, 6) is 0.493. The molecule has 1 aliphatic heterocycles. The zero-order valence-electron chi connectivity index (χ0n) is 17.1. The molecule has 4 rings (SSSR count). The Morgan fingerprint density at radius 2 is 1.83 bits per heavy atom. The van der Waals surface area contributed by atoms with Gasteiger partial charge in [-0.25, -0.2) is 4.79 Å². The van der Waals surface area contributed by atoms with Gasteiger partial charge in [0, 0.05) is 25.9 Å². The third kappa shape index (κ3) is 4.46. The Labute approximate surface area is 180 Å². The largest absolute Gasteiger partial charge is 0.459 e. The van der Waals surface area contributed by atoms with Gasteiger partial charge in [-0.3, -0.25) is 4.68 Å². The Kier molecular flexibility index (Phi) is 5.99. The lowest BCUT2D eigenvalue weighted by atomic mass is 10.1. The summed E-state index contributed by atoms with van der Waals surface area (Å²) in [7, 11) is 0. The van der Waals surface area contributed by atoms with E-state index >= 15 is 0 Å². The molecule has 0 unspecified atom stereocenters. The number of benzene rings is 1. The predicted octanol–water partition coefficient (Wildman–Crippen LogP) is 3.82. The normalized spacial score (nSPS) is 14.7. The minimum absolute atomic E-state index is 0.120. The number of rotatable bonds is 5. The maximum absolute atomic E-state index is 12.9. The summed E-state index contributed by atoms with van der Waals surface area (Å²) in [6, 6.07) is 13.7. The standard InChI is InChI=1S/C22H24ClN5O2/c1-15-21(16(2)28(26-15)14-17-6-4-3-5-7-17)22(29)30-18-10-12-27(13-11-18)20-9-8-19(23)24-25-20/h3-9,18H,10-14H2,1-2H3. The topological polar surface area (TPSA) is 73.1 Å². The summed E-state index contributed by atoms with van der Waals surface area (Å²) in [6.07, 6.45) is 1.36. The molecule has 2 aromatic heterocycles. The molecule has 30 heavy (non-hydrogen) atoms. The Bertz CT molecular complexity index is 1010. The number of esters is 1. The lowest BCUT2D eigenvalue weighted by molar-refractivity contribution is 0.0243. The highest BCUT2D eigenvalue weighted by atomic mass is 35.5. The number of halogens is 1. The number of nitrogens with zero attached hydrogens (tertiary/aromatic N) is 5. The molecule has 0 radical (unpaired) electrons. The monoisotopic (exact) mass is 425 g/mol. The molecule has 0 amide bonds. The number of aromatic nitrogens is 4. The number of hydrogen-bond acceptors (Lipinski definition) is 6. The van der Waals surface area contributed by atoms with Gasteiger partial charge in [-0.1, -0.05) is 41.9 Å². The smallest absolute Gasteiger partial charge is 0.342 e. The highest BCUT2D eigenvalue weighted by Gasteiger charge is 2.27. The van der Waals surface area contributed by atoms with Crippen molar-refractivity contribution < 1.29 is 9.53 Å². The molecule has 1 fully saturated rings. The van der Waals surface area contributed by atoms with Crippen LogP contribution in [0.1, 0.15) is 40.2 Å². The summed E-state index contributed by atoms with van der Waals surface area (Å²) < 4.78 is 7.69. The average molecular weight is 426 g/mol. The molecule has 0 saturated carbocycles. The molecule has 0 spiro atoms. The average Bonchev–Trinajstić information content (AvgIpc) is 3.03. The van der Waals surface area contributed by atoms with Gasteiger partial charge in [0.05, 0.1) is 17.9 Å². The van der Waals surface area contributed by atoms with E-state index in [0.717, 1.165) is 43.0 Å². The van der Waals surface area contributed by atoms with E-state index in [1.165, 1.54) is 0 Å². The second-order valence-corrected chi connectivity index (χ2v) is 7.88. The van der Waals surface area contributed by atoms with Crippen molar-refractivity contribution in [1.29, 1.82) is 0 Å². The molecule has 0 bridgehead atoms. The first-order valence-electron chi connectivity index (χ1n) is 10.0. The second kappa shape index (κ2) is 8.83. The van der Waals surface area contributed by atoms with Crippen LogP contribution in [0.4, 0.5) is 5.82 Å². The molecular formula is C22H24ClN5O2. The summed E-state index contributed by atoms with van der Waals surface area (Å²) in [4.78, 5) is 15.0. The van der Waals surface area contributed by atoms with E-state index in [1.54, 1.807) is 6.07 Å². The molecule has 0 atom stereocenters. The van der Waals surface area contributed by atoms with Crippen LogP contribution in [0.15, 0.2) is 42.5 Å². The third-order valence-corrected chi connectivity index (χ3v) is 5.62. The van der Waals surface area contributed by atoms with Crippen LogP contribution in [-0.4, -0.2) is 45.1 Å². The van der Waals surface area contributed by atoms with Crippen LogP contribution in [-0.2, 0) is 11.3 Å². The summed E-state index contributed by atoms with van der Waals surface area (Å²) in [5.41, 5.74) is 3.23. The van der Waals surface area contributed by atoms with Crippen molar-refractivity contribution in [3.05, 3.63) is 70.1 Å². The van der Waals surface area contributed by atoms with E-state index in [4.69, 9.17) is 16.3 Å². The SMILES string of the molecule is Cc1nn(Cc2ccccc2)c(C)c1C(=O)OC1CCN(c2ccc(Cl)nn2)CC1. The maximum atomic E-state index is 12.9. The van der Waals surface area contributed by atoms with E-state index in [9.17, 15) is 4.79 Å². The highest BCUT2D eigenvalue weighted by molar-refractivity contribution is 6.29. The van der Waals surface area contributed by atoms with Crippen LogP contribution in [0.2, 0.25) is 5.15 Å². The minimum Gasteiger partial charge on any atom is -0.459 e. The fourth-order valence-corrected chi connectivity index (χ4v) is 3.89. The zero-order valence-corrected chi connectivity index (χ0v) is 17.8. The fraction of sp³-hybridized carbons (Fsp3) is 0.364. The Balaban J connectivity index is 1.38. The molecule has 0 aliphatic carbocycles. The number of piperidine rings is 1. The lowest BCUT2D eigenvalue weighted by Gasteiger charge is -2.32. The molecule has 0 N–H and O–H groups in total. The van der Waals surface area contributed by atoms with Crippen LogP contribution >= 0.6 is 11.6 Å². The number of aryl methyl sites for hydroxylation is 1. The number of ether oxygens (including phenoxy) is 1. The highest BCUT2D eigenvalue weighted by Crippen LogP contribution is 2.22. The van der Waals surface area contributed by atoms with Crippen molar-refractivity contribution in [3.63, 3.8) is 0 Å². The quantitative estimate of drug-likeness (QED) is 0.578. The second-order valence-electron chi connectivity index (χ2n) is 7.50. The van der Waals surface area contributed by atoms with Crippen molar-refractivity contribution in [2.24, 2.45) is 0 Å². The molecule has 3 heterocycles. The molecule has 1 aromatic carbocycles. The molecule has 7 nitrogen and oxygen atoms in total. The lowest BCUT2D eigenvalue weighted by Crippen LogP contribution is -2.38. The van der Waals surface area contributed by atoms with Crippen LogP contribution in [0.25, 0.3) is 0 Å². The Morgan fingerprint density at radius 3 is 2.50 bits per heavy atom. The maximum Gasteiger partial charge on any atom is 0.342 e. The summed E-state index contributed by atoms with van der Waals surface area (Å²) >= 11 is 5.81.